The van der Waals surface area contributed by atoms with Crippen molar-refractivity contribution in [3.63, 3.8) is 0 Å². The Hall–Kier alpha value is -0.820. The van der Waals surface area contributed by atoms with Crippen molar-refractivity contribution in [1.29, 1.82) is 0 Å². The van der Waals surface area contributed by atoms with Gasteiger partial charge in [0.15, 0.2) is 0 Å². The van der Waals surface area contributed by atoms with Gasteiger partial charge in [-0.2, -0.15) is 0 Å². The van der Waals surface area contributed by atoms with Crippen LogP contribution in [0.2, 0.25) is 0 Å². The average Bonchev–Trinajstić information content (AvgIpc) is 2.21. The van der Waals surface area contributed by atoms with Gasteiger partial charge in [-0.05, 0) is 13.8 Å². The molecule has 0 amide bonds. The summed E-state index contributed by atoms with van der Waals surface area (Å²) < 4.78 is 0. The maximum atomic E-state index is 2.08. The zero-order valence-corrected chi connectivity index (χ0v) is 11.4. The molecular formula is C14H16Nb. The largest absolute Gasteiger partial charge is 0.0622 e. The molecule has 0 aliphatic rings. The fourth-order valence-corrected chi connectivity index (χ4v) is 1.07. The molecule has 0 nitrogen and oxygen atoms in total. The Labute approximate surface area is 108 Å². The van der Waals surface area contributed by atoms with Crippen molar-refractivity contribution in [1.82, 2.24) is 0 Å². The van der Waals surface area contributed by atoms with Crippen LogP contribution < -0.4 is 0 Å². The number of benzene rings is 2. The summed E-state index contributed by atoms with van der Waals surface area (Å²) in [5.41, 5.74) is 2.64. The molecule has 0 aliphatic heterocycles. The molecule has 0 aliphatic carbocycles. The summed E-state index contributed by atoms with van der Waals surface area (Å²) in [7, 11) is 0. The molecule has 0 heterocycles. The second-order valence-electron chi connectivity index (χ2n) is 3.31. The summed E-state index contributed by atoms with van der Waals surface area (Å²) >= 11 is 0. The Kier molecular flexibility index (Phi) is 8.02. The standard InChI is InChI=1S/2C7H8.Nb/c2*1-7-5-3-2-4-6-7;/h2*2-6H,1H3;. The summed E-state index contributed by atoms with van der Waals surface area (Å²) in [5, 5.41) is 0. The van der Waals surface area contributed by atoms with Gasteiger partial charge in [0, 0.05) is 22.4 Å². The zero-order valence-electron chi connectivity index (χ0n) is 9.22. The quantitative estimate of drug-likeness (QED) is 0.639. The molecule has 0 saturated carbocycles. The van der Waals surface area contributed by atoms with Gasteiger partial charge in [-0.3, -0.25) is 0 Å². The predicted molar refractivity (Wildman–Crippen MR) is 62.4 cm³/mol. The molecule has 2 aromatic rings. The molecule has 0 N–H and O–H groups in total. The van der Waals surface area contributed by atoms with Crippen molar-refractivity contribution < 1.29 is 22.4 Å². The minimum absolute atomic E-state index is 0. The van der Waals surface area contributed by atoms with Crippen LogP contribution in [0.5, 0.6) is 0 Å². The molecule has 2 rings (SSSR count). The normalized spacial score (nSPS) is 8.13. The van der Waals surface area contributed by atoms with Crippen LogP contribution >= 0.6 is 0 Å². The number of hydrogen-bond acceptors (Lipinski definition) is 0. The van der Waals surface area contributed by atoms with Gasteiger partial charge in [0.05, 0.1) is 0 Å². The molecule has 0 saturated heterocycles. The van der Waals surface area contributed by atoms with Crippen LogP contribution in [0.15, 0.2) is 60.7 Å². The van der Waals surface area contributed by atoms with Crippen LogP contribution in [0.3, 0.4) is 0 Å². The molecule has 2 aromatic carbocycles. The summed E-state index contributed by atoms with van der Waals surface area (Å²) in [6.07, 6.45) is 0. The molecular weight excluding hydrogens is 261 g/mol. The number of rotatable bonds is 0. The van der Waals surface area contributed by atoms with Crippen LogP contribution in [-0.2, 0) is 22.4 Å². The van der Waals surface area contributed by atoms with Crippen molar-refractivity contribution in [2.45, 2.75) is 13.8 Å². The summed E-state index contributed by atoms with van der Waals surface area (Å²) in [4.78, 5) is 0. The molecule has 0 spiro atoms. The summed E-state index contributed by atoms with van der Waals surface area (Å²) in [6, 6.07) is 20.5. The van der Waals surface area contributed by atoms with E-state index in [1.165, 1.54) is 11.1 Å². The van der Waals surface area contributed by atoms with Crippen LogP contribution in [0.1, 0.15) is 11.1 Å². The van der Waals surface area contributed by atoms with Crippen LogP contribution in [0, 0.1) is 13.8 Å². The molecule has 77 valence electrons. The molecule has 0 fully saturated rings. The number of aryl methyl sites for hydroxylation is 2. The predicted octanol–water partition coefficient (Wildman–Crippen LogP) is 3.99. The Bertz CT molecular complexity index is 303. The van der Waals surface area contributed by atoms with Gasteiger partial charge >= 0.3 is 0 Å². The van der Waals surface area contributed by atoms with Gasteiger partial charge in [-0.1, -0.05) is 71.8 Å². The zero-order chi connectivity index (χ0) is 10.2. The van der Waals surface area contributed by atoms with E-state index in [0.717, 1.165) is 0 Å². The van der Waals surface area contributed by atoms with Crippen LogP contribution in [0.25, 0.3) is 0 Å². The first-order valence-corrected chi connectivity index (χ1v) is 4.82. The van der Waals surface area contributed by atoms with E-state index in [2.05, 4.69) is 38.1 Å². The Morgan fingerprint density at radius 2 is 0.800 bits per heavy atom. The molecule has 0 atom stereocenters. The second kappa shape index (κ2) is 8.49. The van der Waals surface area contributed by atoms with E-state index in [1.807, 2.05) is 36.4 Å². The van der Waals surface area contributed by atoms with Gasteiger partial charge in [-0.15, -0.1) is 0 Å². The van der Waals surface area contributed by atoms with Gasteiger partial charge in [0.1, 0.15) is 0 Å². The summed E-state index contributed by atoms with van der Waals surface area (Å²) in [6.45, 7) is 4.17. The maximum Gasteiger partial charge on any atom is 0 e. The fourth-order valence-electron chi connectivity index (χ4n) is 1.07. The average molecular weight is 277 g/mol. The van der Waals surface area contributed by atoms with E-state index in [4.69, 9.17) is 0 Å². The van der Waals surface area contributed by atoms with Crippen molar-refractivity contribution in [2.75, 3.05) is 0 Å². The Morgan fingerprint density at radius 1 is 0.533 bits per heavy atom. The van der Waals surface area contributed by atoms with Gasteiger partial charge in [0.25, 0.3) is 0 Å². The molecule has 1 radical (unpaired) electrons. The monoisotopic (exact) mass is 277 g/mol. The minimum Gasteiger partial charge on any atom is -0.0622 e. The first-order chi connectivity index (χ1) is 6.79. The van der Waals surface area contributed by atoms with E-state index < -0.39 is 0 Å². The van der Waals surface area contributed by atoms with E-state index >= 15 is 0 Å². The molecule has 0 bridgehead atoms. The van der Waals surface area contributed by atoms with Gasteiger partial charge in [0.2, 0.25) is 0 Å². The van der Waals surface area contributed by atoms with E-state index in [0.29, 0.717) is 0 Å². The first kappa shape index (κ1) is 14.2. The minimum atomic E-state index is 0. The van der Waals surface area contributed by atoms with Crippen molar-refractivity contribution in [3.8, 4) is 0 Å². The van der Waals surface area contributed by atoms with Crippen molar-refractivity contribution in [2.24, 2.45) is 0 Å². The van der Waals surface area contributed by atoms with E-state index in [9.17, 15) is 0 Å². The third-order valence-corrected chi connectivity index (χ3v) is 1.88. The third kappa shape index (κ3) is 7.15. The van der Waals surface area contributed by atoms with Crippen LogP contribution in [0.4, 0.5) is 0 Å². The van der Waals surface area contributed by atoms with Gasteiger partial charge in [-0.25, -0.2) is 0 Å². The first-order valence-electron chi connectivity index (χ1n) is 4.82. The third-order valence-electron chi connectivity index (χ3n) is 1.88. The molecule has 0 aromatic heterocycles. The SMILES string of the molecule is Cc1ccccc1.Cc1ccccc1.[Nb]. The van der Waals surface area contributed by atoms with Crippen molar-refractivity contribution in [3.05, 3.63) is 71.8 Å². The van der Waals surface area contributed by atoms with Crippen LogP contribution in [-0.4, -0.2) is 0 Å². The second-order valence-corrected chi connectivity index (χ2v) is 3.31. The maximum absolute atomic E-state index is 2.08. The van der Waals surface area contributed by atoms with E-state index in [-0.39, 0.29) is 22.4 Å². The van der Waals surface area contributed by atoms with Crippen molar-refractivity contribution >= 4 is 0 Å². The smallest absolute Gasteiger partial charge is 0 e. The Morgan fingerprint density at radius 3 is 0.933 bits per heavy atom. The molecule has 15 heavy (non-hydrogen) atoms. The topological polar surface area (TPSA) is 0 Å². The summed E-state index contributed by atoms with van der Waals surface area (Å²) in [5.74, 6) is 0. The van der Waals surface area contributed by atoms with Gasteiger partial charge < -0.3 is 0 Å². The molecule has 0 unspecified atom stereocenters. The fraction of sp³-hybridized carbons (Fsp3) is 0.143. The van der Waals surface area contributed by atoms with E-state index in [1.54, 1.807) is 0 Å². The number of hydrogen-bond donors (Lipinski definition) is 0. The Balaban J connectivity index is 0.000000245. The molecule has 1 heteroatoms.